The van der Waals surface area contributed by atoms with Crippen LogP contribution >= 0.6 is 0 Å². The topological polar surface area (TPSA) is 21.3 Å². The molecular weight excluding hydrogens is 234 g/mol. The van der Waals surface area contributed by atoms with Crippen molar-refractivity contribution in [2.24, 2.45) is 0 Å². The molecule has 1 heterocycles. The molecule has 0 amide bonds. The van der Waals surface area contributed by atoms with Gasteiger partial charge in [0.2, 0.25) is 0 Å². The van der Waals surface area contributed by atoms with Crippen LogP contribution in [0.1, 0.15) is 61.6 Å². The molecule has 3 rings (SSSR count). The second kappa shape index (κ2) is 6.06. The fourth-order valence-electron chi connectivity index (χ4n) is 3.41. The van der Waals surface area contributed by atoms with Gasteiger partial charge in [-0.2, -0.15) is 0 Å². The summed E-state index contributed by atoms with van der Waals surface area (Å²) in [5.41, 5.74) is 3.08. The van der Waals surface area contributed by atoms with Gasteiger partial charge in [0, 0.05) is 12.6 Å². The Labute approximate surface area is 116 Å². The highest BCUT2D eigenvalue weighted by Gasteiger charge is 2.26. The molecule has 1 saturated carbocycles. The van der Waals surface area contributed by atoms with Crippen molar-refractivity contribution < 1.29 is 4.74 Å². The summed E-state index contributed by atoms with van der Waals surface area (Å²) in [6, 6.07) is 9.45. The van der Waals surface area contributed by atoms with E-state index in [1.165, 1.54) is 37.7 Å². The van der Waals surface area contributed by atoms with E-state index >= 15 is 0 Å². The maximum atomic E-state index is 5.81. The van der Waals surface area contributed by atoms with Crippen molar-refractivity contribution in [3.8, 4) is 0 Å². The van der Waals surface area contributed by atoms with E-state index < -0.39 is 0 Å². The number of benzene rings is 1. The lowest BCUT2D eigenvalue weighted by atomic mass is 9.76. The molecule has 0 aromatic heterocycles. The number of hydrogen-bond donors (Lipinski definition) is 1. The first kappa shape index (κ1) is 13.1. The summed E-state index contributed by atoms with van der Waals surface area (Å²) in [5.74, 6) is 0.802. The van der Waals surface area contributed by atoms with Crippen molar-refractivity contribution >= 4 is 0 Å². The van der Waals surface area contributed by atoms with Gasteiger partial charge in [-0.05, 0) is 56.2 Å². The Hall–Kier alpha value is -0.860. The summed E-state index contributed by atoms with van der Waals surface area (Å²) in [4.78, 5) is 0. The summed E-state index contributed by atoms with van der Waals surface area (Å²) in [5, 5.41) is 3.51. The lowest BCUT2D eigenvalue weighted by molar-refractivity contribution is 0.0952. The Morgan fingerprint density at radius 1 is 1.21 bits per heavy atom. The monoisotopic (exact) mass is 259 g/mol. The molecule has 2 unspecified atom stereocenters. The van der Waals surface area contributed by atoms with Crippen LogP contribution in [0, 0.1) is 0 Å². The Morgan fingerprint density at radius 3 is 2.68 bits per heavy atom. The fourth-order valence-corrected chi connectivity index (χ4v) is 3.41. The van der Waals surface area contributed by atoms with Gasteiger partial charge in [-0.1, -0.05) is 30.7 Å². The van der Waals surface area contributed by atoms with Crippen LogP contribution in [0.25, 0.3) is 0 Å². The molecule has 1 N–H and O–H groups in total. The molecule has 1 saturated heterocycles. The molecule has 1 aromatic carbocycles. The zero-order valence-corrected chi connectivity index (χ0v) is 11.9. The molecule has 0 radical (unpaired) electrons. The molecule has 2 atom stereocenters. The molecule has 2 heteroatoms. The summed E-state index contributed by atoms with van der Waals surface area (Å²) >= 11 is 0. The predicted molar refractivity (Wildman–Crippen MR) is 78.4 cm³/mol. The number of rotatable bonds is 5. The van der Waals surface area contributed by atoms with Crippen molar-refractivity contribution in [2.75, 3.05) is 13.7 Å². The van der Waals surface area contributed by atoms with Crippen molar-refractivity contribution in [3.05, 3.63) is 35.4 Å². The van der Waals surface area contributed by atoms with Crippen LogP contribution in [0.3, 0.4) is 0 Å². The molecule has 19 heavy (non-hydrogen) atoms. The highest BCUT2D eigenvalue weighted by Crippen LogP contribution is 2.40. The molecule has 0 spiro atoms. The quantitative estimate of drug-likeness (QED) is 0.869. The smallest absolute Gasteiger partial charge is 0.0594 e. The highest BCUT2D eigenvalue weighted by molar-refractivity contribution is 5.34. The van der Waals surface area contributed by atoms with E-state index in [2.05, 4.69) is 36.6 Å². The Balaban J connectivity index is 1.77. The summed E-state index contributed by atoms with van der Waals surface area (Å²) in [7, 11) is 2.08. The first-order valence-electron chi connectivity index (χ1n) is 7.76. The molecule has 1 aromatic rings. The Bertz CT molecular complexity index is 407. The second-order valence-corrected chi connectivity index (χ2v) is 5.97. The van der Waals surface area contributed by atoms with Crippen molar-refractivity contribution in [2.45, 2.75) is 56.6 Å². The van der Waals surface area contributed by atoms with Crippen LogP contribution in [0.4, 0.5) is 0 Å². The van der Waals surface area contributed by atoms with Gasteiger partial charge in [-0.3, -0.25) is 0 Å². The van der Waals surface area contributed by atoms with Gasteiger partial charge in [-0.25, -0.2) is 0 Å². The van der Waals surface area contributed by atoms with Crippen LogP contribution < -0.4 is 5.32 Å². The average molecular weight is 259 g/mol. The van der Waals surface area contributed by atoms with Gasteiger partial charge in [0.1, 0.15) is 0 Å². The highest BCUT2D eigenvalue weighted by atomic mass is 16.5. The van der Waals surface area contributed by atoms with Crippen LogP contribution in [-0.4, -0.2) is 19.8 Å². The third kappa shape index (κ3) is 2.85. The third-order valence-corrected chi connectivity index (χ3v) is 4.79. The maximum absolute atomic E-state index is 5.81. The lowest BCUT2D eigenvalue weighted by Crippen LogP contribution is -2.24. The van der Waals surface area contributed by atoms with Gasteiger partial charge in [0.15, 0.2) is 0 Å². The van der Waals surface area contributed by atoms with Crippen LogP contribution in [0.2, 0.25) is 0 Å². The van der Waals surface area contributed by atoms with Gasteiger partial charge >= 0.3 is 0 Å². The first-order valence-corrected chi connectivity index (χ1v) is 7.76. The van der Waals surface area contributed by atoms with Crippen LogP contribution in [-0.2, 0) is 4.74 Å². The zero-order chi connectivity index (χ0) is 13.1. The summed E-state index contributed by atoms with van der Waals surface area (Å²) in [6.07, 6.45) is 8.15. The predicted octanol–water partition coefficient (Wildman–Crippen LogP) is 3.78. The van der Waals surface area contributed by atoms with Gasteiger partial charge in [0.05, 0.1) is 6.10 Å². The minimum Gasteiger partial charge on any atom is -0.378 e. The molecule has 2 fully saturated rings. The minimum atomic E-state index is 0.444. The molecule has 1 aliphatic heterocycles. The third-order valence-electron chi connectivity index (χ3n) is 4.79. The second-order valence-electron chi connectivity index (χ2n) is 5.97. The molecule has 104 valence electrons. The van der Waals surface area contributed by atoms with Crippen molar-refractivity contribution in [1.82, 2.24) is 5.32 Å². The van der Waals surface area contributed by atoms with Gasteiger partial charge in [-0.15, -0.1) is 0 Å². The van der Waals surface area contributed by atoms with E-state index in [9.17, 15) is 0 Å². The summed E-state index contributed by atoms with van der Waals surface area (Å²) in [6.45, 7) is 0.950. The maximum Gasteiger partial charge on any atom is 0.0594 e. The normalized spacial score (nSPS) is 25.2. The number of hydrogen-bond acceptors (Lipinski definition) is 2. The molecular formula is C17H25NO. The van der Waals surface area contributed by atoms with E-state index in [1.54, 1.807) is 5.56 Å². The van der Waals surface area contributed by atoms with Gasteiger partial charge < -0.3 is 10.1 Å². The molecule has 2 aliphatic rings. The average Bonchev–Trinajstić information content (AvgIpc) is 2.88. The largest absolute Gasteiger partial charge is 0.378 e. The molecule has 1 aliphatic carbocycles. The van der Waals surface area contributed by atoms with Crippen molar-refractivity contribution in [1.29, 1.82) is 0 Å². The fraction of sp³-hybridized carbons (Fsp3) is 0.647. The Kier molecular flexibility index (Phi) is 4.19. The minimum absolute atomic E-state index is 0.444. The number of ether oxygens (including phenoxy) is 1. The lowest BCUT2D eigenvalue weighted by Gasteiger charge is -2.31. The summed E-state index contributed by atoms with van der Waals surface area (Å²) < 4.78 is 5.81. The van der Waals surface area contributed by atoms with E-state index in [-0.39, 0.29) is 0 Å². The zero-order valence-electron chi connectivity index (χ0n) is 11.9. The standard InChI is InChI=1S/C17H25NO/c1-18-17(12-14-8-5-11-19-14)16-10-3-2-9-15(16)13-6-4-7-13/h2-3,9-10,13-14,17-18H,4-8,11-12H2,1H3. The van der Waals surface area contributed by atoms with Crippen LogP contribution in [0.5, 0.6) is 0 Å². The first-order chi connectivity index (χ1) is 9.38. The van der Waals surface area contributed by atoms with Gasteiger partial charge in [0.25, 0.3) is 0 Å². The van der Waals surface area contributed by atoms with E-state index in [4.69, 9.17) is 4.74 Å². The molecule has 2 nitrogen and oxygen atoms in total. The van der Waals surface area contributed by atoms with E-state index in [0.717, 1.165) is 18.9 Å². The SMILES string of the molecule is CNC(CC1CCCO1)c1ccccc1C1CCC1. The molecule has 0 bridgehead atoms. The Morgan fingerprint density at radius 2 is 2.05 bits per heavy atom. The van der Waals surface area contributed by atoms with E-state index in [0.29, 0.717) is 12.1 Å². The van der Waals surface area contributed by atoms with E-state index in [1.807, 2.05) is 0 Å². The van der Waals surface area contributed by atoms with Crippen molar-refractivity contribution in [3.63, 3.8) is 0 Å². The number of nitrogens with one attached hydrogen (secondary N) is 1. The van der Waals surface area contributed by atoms with Crippen LogP contribution in [0.15, 0.2) is 24.3 Å².